The minimum Gasteiger partial charge on any atom is -0.339 e. The zero-order valence-corrected chi connectivity index (χ0v) is 15.1. The van der Waals surface area contributed by atoms with Crippen molar-refractivity contribution in [2.24, 2.45) is 0 Å². The van der Waals surface area contributed by atoms with Crippen molar-refractivity contribution < 1.29 is 13.2 Å². The molecule has 0 saturated carbocycles. The number of hydrogen-bond donors (Lipinski definition) is 2. The summed E-state index contributed by atoms with van der Waals surface area (Å²) in [5, 5.41) is 3.14. The van der Waals surface area contributed by atoms with E-state index < -0.39 is 10.0 Å². The van der Waals surface area contributed by atoms with Crippen LogP contribution in [0.1, 0.15) is 38.1 Å². The van der Waals surface area contributed by atoms with Crippen molar-refractivity contribution in [1.29, 1.82) is 0 Å². The fourth-order valence-corrected chi connectivity index (χ4v) is 3.34. The van der Waals surface area contributed by atoms with E-state index in [1.54, 1.807) is 17.0 Å². The molecule has 0 unspecified atom stereocenters. The molecule has 23 heavy (non-hydrogen) atoms. The summed E-state index contributed by atoms with van der Waals surface area (Å²) >= 11 is 0. The Balaban J connectivity index is 2.80. The van der Waals surface area contributed by atoms with Gasteiger partial charge < -0.3 is 10.2 Å². The smallest absolute Gasteiger partial charge is 0.253 e. The van der Waals surface area contributed by atoms with E-state index in [-0.39, 0.29) is 16.8 Å². The van der Waals surface area contributed by atoms with Crippen LogP contribution in [0.15, 0.2) is 29.2 Å². The Labute approximate surface area is 139 Å². The molecule has 1 amide bonds. The van der Waals surface area contributed by atoms with E-state index in [9.17, 15) is 13.2 Å². The van der Waals surface area contributed by atoms with Crippen LogP contribution in [-0.4, -0.2) is 51.4 Å². The van der Waals surface area contributed by atoms with E-state index in [0.29, 0.717) is 25.2 Å². The second-order valence-corrected chi connectivity index (χ2v) is 7.08. The van der Waals surface area contributed by atoms with Crippen LogP contribution < -0.4 is 10.0 Å². The number of nitrogens with one attached hydrogen (secondary N) is 2. The maximum absolute atomic E-state index is 12.2. The molecule has 130 valence electrons. The van der Waals surface area contributed by atoms with Gasteiger partial charge in [0.05, 0.1) is 4.90 Å². The Morgan fingerprint density at radius 2 is 1.70 bits per heavy atom. The van der Waals surface area contributed by atoms with Gasteiger partial charge in [-0.1, -0.05) is 6.92 Å². The zero-order valence-electron chi connectivity index (χ0n) is 14.3. The van der Waals surface area contributed by atoms with Crippen molar-refractivity contribution in [2.45, 2.75) is 38.6 Å². The Hall–Kier alpha value is -1.44. The number of sulfonamides is 1. The van der Waals surface area contributed by atoms with Crippen LogP contribution in [-0.2, 0) is 10.0 Å². The molecule has 0 fully saturated rings. The van der Waals surface area contributed by atoms with Gasteiger partial charge in [0.1, 0.15) is 0 Å². The number of hydrogen-bond acceptors (Lipinski definition) is 4. The normalized spacial score (nSPS) is 12.9. The van der Waals surface area contributed by atoms with Crippen molar-refractivity contribution in [2.75, 3.05) is 26.2 Å². The Bertz CT molecular complexity index is 596. The van der Waals surface area contributed by atoms with Gasteiger partial charge in [-0.2, -0.15) is 0 Å². The third kappa shape index (κ3) is 5.60. The lowest BCUT2D eigenvalue weighted by atomic mass is 10.2. The molecule has 0 radical (unpaired) electrons. The molecule has 0 spiro atoms. The molecule has 7 heteroatoms. The van der Waals surface area contributed by atoms with Gasteiger partial charge in [0.15, 0.2) is 0 Å². The lowest BCUT2D eigenvalue weighted by Crippen LogP contribution is -2.38. The molecule has 1 aromatic rings. The number of carbonyl (C=O) groups excluding carboxylic acids is 1. The van der Waals surface area contributed by atoms with Crippen LogP contribution in [0.25, 0.3) is 0 Å². The molecule has 1 rings (SSSR count). The molecule has 0 heterocycles. The fraction of sp³-hybridized carbons (Fsp3) is 0.562. The maximum Gasteiger partial charge on any atom is 0.253 e. The summed E-state index contributed by atoms with van der Waals surface area (Å²) in [5.41, 5.74) is 0.494. The van der Waals surface area contributed by atoms with Crippen molar-refractivity contribution in [3.63, 3.8) is 0 Å². The van der Waals surface area contributed by atoms with Crippen LogP contribution in [0.3, 0.4) is 0 Å². The first-order valence-corrected chi connectivity index (χ1v) is 9.46. The Kier molecular flexibility index (Phi) is 7.67. The number of rotatable bonds is 9. The van der Waals surface area contributed by atoms with Gasteiger partial charge in [-0.3, -0.25) is 4.79 Å². The molecule has 2 N–H and O–H groups in total. The highest BCUT2D eigenvalue weighted by Crippen LogP contribution is 2.12. The molecule has 6 nitrogen and oxygen atoms in total. The van der Waals surface area contributed by atoms with E-state index in [4.69, 9.17) is 0 Å². The van der Waals surface area contributed by atoms with Crippen LogP contribution in [0.4, 0.5) is 0 Å². The second-order valence-electron chi connectivity index (χ2n) is 5.31. The summed E-state index contributed by atoms with van der Waals surface area (Å²) in [4.78, 5) is 14.1. The van der Waals surface area contributed by atoms with E-state index in [1.165, 1.54) is 12.1 Å². The standard InChI is InChI=1S/C16H27N3O3S/c1-5-17-13(4)12-18-23(21,22)15-10-8-14(9-11-15)16(20)19(6-2)7-3/h8-11,13,17-18H,5-7,12H2,1-4H3/t13-/m1/s1. The summed E-state index contributed by atoms with van der Waals surface area (Å²) in [7, 11) is -3.56. The van der Waals surface area contributed by atoms with E-state index in [2.05, 4.69) is 10.0 Å². The highest BCUT2D eigenvalue weighted by Gasteiger charge is 2.17. The molecule has 0 aliphatic carbocycles. The third-order valence-electron chi connectivity index (χ3n) is 3.59. The predicted molar refractivity (Wildman–Crippen MR) is 92.0 cm³/mol. The van der Waals surface area contributed by atoms with Gasteiger partial charge in [-0.05, 0) is 51.6 Å². The van der Waals surface area contributed by atoms with E-state index in [0.717, 1.165) is 6.54 Å². The molecular formula is C16H27N3O3S. The predicted octanol–water partition coefficient (Wildman–Crippen LogP) is 1.44. The highest BCUT2D eigenvalue weighted by atomic mass is 32.2. The molecule has 0 bridgehead atoms. The van der Waals surface area contributed by atoms with Crippen LogP contribution >= 0.6 is 0 Å². The van der Waals surface area contributed by atoms with Crippen molar-refractivity contribution >= 4 is 15.9 Å². The highest BCUT2D eigenvalue weighted by molar-refractivity contribution is 7.89. The van der Waals surface area contributed by atoms with Crippen molar-refractivity contribution in [1.82, 2.24) is 14.9 Å². The first-order valence-electron chi connectivity index (χ1n) is 7.98. The maximum atomic E-state index is 12.2. The van der Waals surface area contributed by atoms with Gasteiger partial charge in [0.25, 0.3) is 5.91 Å². The van der Waals surface area contributed by atoms with Gasteiger partial charge in [0, 0.05) is 31.2 Å². The molecule has 1 atom stereocenters. The minimum absolute atomic E-state index is 0.0540. The average molecular weight is 341 g/mol. The molecule has 0 saturated heterocycles. The topological polar surface area (TPSA) is 78.5 Å². The summed E-state index contributed by atoms with van der Waals surface area (Å²) in [6.45, 7) is 10.1. The zero-order chi connectivity index (χ0) is 17.5. The number of likely N-dealkylation sites (N-methyl/N-ethyl adjacent to an activating group) is 1. The molecule has 0 aromatic heterocycles. The summed E-state index contributed by atoms with van der Waals surface area (Å²) < 4.78 is 27.0. The van der Waals surface area contributed by atoms with Crippen LogP contribution in [0, 0.1) is 0 Å². The third-order valence-corrected chi connectivity index (χ3v) is 5.03. The average Bonchev–Trinajstić information content (AvgIpc) is 2.54. The summed E-state index contributed by atoms with van der Waals surface area (Å²) in [5.74, 6) is -0.0901. The second kappa shape index (κ2) is 9.00. The first-order chi connectivity index (χ1) is 10.9. The lowest BCUT2D eigenvalue weighted by molar-refractivity contribution is 0.0773. The molecule has 1 aromatic carbocycles. The van der Waals surface area contributed by atoms with Gasteiger partial charge in [-0.25, -0.2) is 13.1 Å². The fourth-order valence-electron chi connectivity index (χ4n) is 2.21. The van der Waals surface area contributed by atoms with Crippen molar-refractivity contribution in [3.05, 3.63) is 29.8 Å². The Morgan fingerprint density at radius 3 is 2.17 bits per heavy atom. The molecular weight excluding hydrogens is 314 g/mol. The summed E-state index contributed by atoms with van der Waals surface area (Å²) in [6, 6.07) is 6.11. The largest absolute Gasteiger partial charge is 0.339 e. The molecule has 0 aliphatic heterocycles. The number of amides is 1. The minimum atomic E-state index is -3.56. The van der Waals surface area contributed by atoms with Crippen LogP contribution in [0.2, 0.25) is 0 Å². The number of nitrogens with zero attached hydrogens (tertiary/aromatic N) is 1. The van der Waals surface area contributed by atoms with E-state index in [1.807, 2.05) is 27.7 Å². The van der Waals surface area contributed by atoms with Gasteiger partial charge in [0.2, 0.25) is 10.0 Å². The molecule has 0 aliphatic rings. The lowest BCUT2D eigenvalue weighted by Gasteiger charge is -2.18. The SMILES string of the molecule is CCN[C@H](C)CNS(=O)(=O)c1ccc(C(=O)N(CC)CC)cc1. The van der Waals surface area contributed by atoms with E-state index >= 15 is 0 Å². The van der Waals surface area contributed by atoms with Crippen molar-refractivity contribution in [3.8, 4) is 0 Å². The van der Waals surface area contributed by atoms with Gasteiger partial charge in [-0.15, -0.1) is 0 Å². The Morgan fingerprint density at radius 1 is 1.13 bits per heavy atom. The monoisotopic (exact) mass is 341 g/mol. The summed E-state index contributed by atoms with van der Waals surface area (Å²) in [6.07, 6.45) is 0. The van der Waals surface area contributed by atoms with Crippen LogP contribution in [0.5, 0.6) is 0 Å². The van der Waals surface area contributed by atoms with Gasteiger partial charge >= 0.3 is 0 Å². The first kappa shape index (κ1) is 19.6. The quantitative estimate of drug-likeness (QED) is 0.712. The number of carbonyl (C=O) groups is 1. The number of benzene rings is 1.